The smallest absolute Gasteiger partial charge is 0.234 e. The van der Waals surface area contributed by atoms with Crippen molar-refractivity contribution in [3.05, 3.63) is 35.9 Å². The lowest BCUT2D eigenvalue weighted by molar-refractivity contribution is -0.122. The van der Waals surface area contributed by atoms with Crippen molar-refractivity contribution < 1.29 is 4.79 Å². The van der Waals surface area contributed by atoms with Crippen LogP contribution in [-0.4, -0.2) is 43.0 Å². The third kappa shape index (κ3) is 4.43. The molecule has 2 atom stereocenters. The van der Waals surface area contributed by atoms with Crippen molar-refractivity contribution in [1.82, 2.24) is 15.5 Å². The minimum absolute atomic E-state index is 0. The molecule has 0 bridgehead atoms. The van der Waals surface area contributed by atoms with Crippen LogP contribution in [0, 0.1) is 5.92 Å². The largest absolute Gasteiger partial charge is 0.351 e. The molecule has 21 heavy (non-hydrogen) atoms. The van der Waals surface area contributed by atoms with Gasteiger partial charge in [0.05, 0.1) is 6.54 Å². The second-order valence-corrected chi connectivity index (χ2v) is 5.90. The molecule has 116 valence electrons. The highest BCUT2D eigenvalue weighted by Crippen LogP contribution is 2.24. The van der Waals surface area contributed by atoms with Gasteiger partial charge in [0.1, 0.15) is 0 Å². The fourth-order valence-corrected chi connectivity index (χ4v) is 3.32. The predicted molar refractivity (Wildman–Crippen MR) is 86.5 cm³/mol. The monoisotopic (exact) mass is 309 g/mol. The number of benzene rings is 1. The van der Waals surface area contributed by atoms with Crippen molar-refractivity contribution in [3.8, 4) is 0 Å². The maximum absolute atomic E-state index is 12.0. The number of nitrogens with one attached hydrogen (secondary N) is 2. The molecule has 2 fully saturated rings. The molecule has 0 radical (unpaired) electrons. The quantitative estimate of drug-likeness (QED) is 0.884. The number of fused-ring (bicyclic) bond motifs is 1. The van der Waals surface area contributed by atoms with Crippen LogP contribution >= 0.6 is 12.4 Å². The van der Waals surface area contributed by atoms with Crippen LogP contribution in [-0.2, 0) is 11.3 Å². The van der Waals surface area contributed by atoms with Gasteiger partial charge in [0.2, 0.25) is 5.91 Å². The number of likely N-dealkylation sites (tertiary alicyclic amines) is 1. The van der Waals surface area contributed by atoms with Gasteiger partial charge in [-0.2, -0.15) is 0 Å². The minimum atomic E-state index is 0. The van der Waals surface area contributed by atoms with E-state index in [9.17, 15) is 4.79 Å². The van der Waals surface area contributed by atoms with E-state index in [1.54, 1.807) is 0 Å². The molecule has 3 rings (SSSR count). The molecule has 2 aliphatic heterocycles. The number of nitrogens with zero attached hydrogens (tertiary/aromatic N) is 1. The topological polar surface area (TPSA) is 44.4 Å². The number of amides is 1. The van der Waals surface area contributed by atoms with Gasteiger partial charge in [-0.15, -0.1) is 12.4 Å². The van der Waals surface area contributed by atoms with Gasteiger partial charge in [-0.3, -0.25) is 9.69 Å². The fraction of sp³-hybridized carbons (Fsp3) is 0.562. The van der Waals surface area contributed by atoms with Crippen molar-refractivity contribution >= 4 is 18.3 Å². The summed E-state index contributed by atoms with van der Waals surface area (Å²) in [6.07, 6.45) is 2.43. The zero-order valence-electron chi connectivity index (χ0n) is 12.3. The number of carbonyl (C=O) groups excluding carboxylic acids is 1. The van der Waals surface area contributed by atoms with E-state index >= 15 is 0 Å². The van der Waals surface area contributed by atoms with Crippen LogP contribution in [0.15, 0.2) is 30.3 Å². The van der Waals surface area contributed by atoms with Crippen molar-refractivity contribution in [1.29, 1.82) is 0 Å². The fourth-order valence-electron chi connectivity index (χ4n) is 3.32. The molecule has 0 spiro atoms. The SMILES string of the molecule is Cl.O=C(CN1CCC2NCCC2C1)NCc1ccccc1. The molecule has 2 unspecified atom stereocenters. The molecule has 2 saturated heterocycles. The van der Waals surface area contributed by atoms with Gasteiger partial charge in [-0.1, -0.05) is 30.3 Å². The first kappa shape index (κ1) is 16.3. The first-order valence-corrected chi connectivity index (χ1v) is 7.57. The van der Waals surface area contributed by atoms with Crippen LogP contribution < -0.4 is 10.6 Å². The average Bonchev–Trinajstić information content (AvgIpc) is 2.94. The number of carbonyl (C=O) groups is 1. The third-order valence-electron chi connectivity index (χ3n) is 4.44. The molecular formula is C16H24ClN3O. The molecule has 4 nitrogen and oxygen atoms in total. The summed E-state index contributed by atoms with van der Waals surface area (Å²) in [6.45, 7) is 4.41. The highest BCUT2D eigenvalue weighted by molar-refractivity contribution is 5.85. The van der Waals surface area contributed by atoms with Crippen molar-refractivity contribution in [2.45, 2.75) is 25.4 Å². The summed E-state index contributed by atoms with van der Waals surface area (Å²) in [6, 6.07) is 10.8. The second-order valence-electron chi connectivity index (χ2n) is 5.90. The third-order valence-corrected chi connectivity index (χ3v) is 4.44. The highest BCUT2D eigenvalue weighted by Gasteiger charge is 2.32. The van der Waals surface area contributed by atoms with Crippen molar-refractivity contribution in [3.63, 3.8) is 0 Å². The van der Waals surface area contributed by atoms with Crippen LogP contribution in [0.5, 0.6) is 0 Å². The molecule has 0 saturated carbocycles. The Labute approximate surface area is 132 Å². The molecule has 0 aromatic heterocycles. The Bertz CT molecular complexity index is 454. The summed E-state index contributed by atoms with van der Waals surface area (Å²) < 4.78 is 0. The standard InChI is InChI=1S/C16H23N3O.ClH/c20-16(18-10-13-4-2-1-3-5-13)12-19-9-7-15-14(11-19)6-8-17-15;/h1-5,14-15,17H,6-12H2,(H,18,20);1H. The van der Waals surface area contributed by atoms with Gasteiger partial charge < -0.3 is 10.6 Å². The van der Waals surface area contributed by atoms with Crippen LogP contribution in [0.3, 0.4) is 0 Å². The summed E-state index contributed by atoms with van der Waals surface area (Å²) in [5, 5.41) is 6.56. The zero-order chi connectivity index (χ0) is 13.8. The van der Waals surface area contributed by atoms with Gasteiger partial charge >= 0.3 is 0 Å². The lowest BCUT2D eigenvalue weighted by Crippen LogP contribution is -2.47. The van der Waals surface area contributed by atoms with Crippen LogP contribution in [0.1, 0.15) is 18.4 Å². The first-order chi connectivity index (χ1) is 9.81. The summed E-state index contributed by atoms with van der Waals surface area (Å²) in [7, 11) is 0. The van der Waals surface area contributed by atoms with E-state index in [-0.39, 0.29) is 18.3 Å². The highest BCUT2D eigenvalue weighted by atomic mass is 35.5. The van der Waals surface area contributed by atoms with E-state index < -0.39 is 0 Å². The van der Waals surface area contributed by atoms with E-state index in [1.165, 1.54) is 12.8 Å². The number of halogens is 1. The van der Waals surface area contributed by atoms with Crippen LogP contribution in [0.4, 0.5) is 0 Å². The maximum atomic E-state index is 12.0. The Hall–Kier alpha value is -1.10. The van der Waals surface area contributed by atoms with E-state index in [0.29, 0.717) is 19.1 Å². The van der Waals surface area contributed by atoms with Crippen LogP contribution in [0.2, 0.25) is 0 Å². The van der Waals surface area contributed by atoms with E-state index in [4.69, 9.17) is 0 Å². The number of piperidine rings is 1. The minimum Gasteiger partial charge on any atom is -0.351 e. The Morgan fingerprint density at radius 2 is 2.10 bits per heavy atom. The lowest BCUT2D eigenvalue weighted by atomic mass is 9.93. The molecule has 2 N–H and O–H groups in total. The molecular weight excluding hydrogens is 286 g/mol. The summed E-state index contributed by atoms with van der Waals surface area (Å²) in [5.41, 5.74) is 1.15. The molecule has 1 aromatic rings. The molecule has 1 amide bonds. The van der Waals surface area contributed by atoms with Gasteiger partial charge in [-0.25, -0.2) is 0 Å². The van der Waals surface area contributed by atoms with E-state index in [0.717, 1.165) is 31.1 Å². The summed E-state index contributed by atoms with van der Waals surface area (Å²) in [5.74, 6) is 0.879. The number of rotatable bonds is 4. The normalized spacial score (nSPS) is 25.0. The maximum Gasteiger partial charge on any atom is 0.234 e. The van der Waals surface area contributed by atoms with Crippen molar-refractivity contribution in [2.24, 2.45) is 5.92 Å². The van der Waals surface area contributed by atoms with Crippen LogP contribution in [0.25, 0.3) is 0 Å². The molecule has 2 aliphatic rings. The lowest BCUT2D eigenvalue weighted by Gasteiger charge is -2.34. The van der Waals surface area contributed by atoms with E-state index in [1.807, 2.05) is 30.3 Å². The second kappa shape index (κ2) is 7.78. The number of hydrogen-bond acceptors (Lipinski definition) is 3. The summed E-state index contributed by atoms with van der Waals surface area (Å²) in [4.78, 5) is 14.3. The van der Waals surface area contributed by atoms with Gasteiger partial charge in [0.15, 0.2) is 0 Å². The molecule has 5 heteroatoms. The molecule has 0 aliphatic carbocycles. The number of hydrogen-bond donors (Lipinski definition) is 2. The van der Waals surface area contributed by atoms with Gasteiger partial charge in [0.25, 0.3) is 0 Å². The van der Waals surface area contributed by atoms with E-state index in [2.05, 4.69) is 15.5 Å². The zero-order valence-corrected chi connectivity index (χ0v) is 13.1. The molecule has 2 heterocycles. The first-order valence-electron chi connectivity index (χ1n) is 7.57. The Kier molecular flexibility index (Phi) is 6.03. The predicted octanol–water partition coefficient (Wildman–Crippen LogP) is 1.41. The van der Waals surface area contributed by atoms with Gasteiger partial charge in [-0.05, 0) is 30.9 Å². The van der Waals surface area contributed by atoms with Gasteiger partial charge in [0, 0.05) is 25.7 Å². The average molecular weight is 310 g/mol. The Morgan fingerprint density at radius 3 is 2.90 bits per heavy atom. The Balaban J connectivity index is 0.00000161. The molecule has 1 aromatic carbocycles. The Morgan fingerprint density at radius 1 is 1.29 bits per heavy atom. The summed E-state index contributed by atoms with van der Waals surface area (Å²) >= 11 is 0. The van der Waals surface area contributed by atoms with Crippen molar-refractivity contribution in [2.75, 3.05) is 26.2 Å².